The van der Waals surface area contributed by atoms with Crippen LogP contribution in [0.4, 0.5) is 20.2 Å². The molecule has 0 bridgehead atoms. The number of nitrogens with zero attached hydrogens (tertiary/aromatic N) is 1. The molecule has 130 valence electrons. The second-order valence-electron chi connectivity index (χ2n) is 5.07. The summed E-state index contributed by atoms with van der Waals surface area (Å²) in [7, 11) is 0. The zero-order valence-corrected chi connectivity index (χ0v) is 12.9. The fourth-order valence-corrected chi connectivity index (χ4v) is 1.99. The first-order chi connectivity index (χ1) is 11.7. The average Bonchev–Trinajstić information content (AvgIpc) is 2.56. The van der Waals surface area contributed by atoms with Crippen LogP contribution in [0.3, 0.4) is 0 Å². The van der Waals surface area contributed by atoms with Gasteiger partial charge >= 0.3 is 5.97 Å². The van der Waals surface area contributed by atoms with Crippen LogP contribution >= 0.6 is 0 Å². The molecule has 1 atom stereocenters. The largest absolute Gasteiger partial charge is 0.451 e. The molecule has 0 amide bonds. The van der Waals surface area contributed by atoms with E-state index in [9.17, 15) is 28.5 Å². The molecule has 9 heteroatoms. The highest BCUT2D eigenvalue weighted by atomic mass is 19.2. The topological polar surface area (TPSA) is 113 Å². The van der Waals surface area contributed by atoms with E-state index in [1.54, 1.807) is 0 Å². The molecule has 0 radical (unpaired) electrons. The lowest BCUT2D eigenvalue weighted by atomic mass is 10.1. The Labute approximate surface area is 140 Å². The Morgan fingerprint density at radius 3 is 2.36 bits per heavy atom. The number of nitrogen functional groups attached to an aromatic ring is 1. The van der Waals surface area contributed by atoms with E-state index in [0.29, 0.717) is 6.07 Å². The van der Waals surface area contributed by atoms with Crippen molar-refractivity contribution in [2.24, 2.45) is 0 Å². The lowest BCUT2D eigenvalue weighted by Crippen LogP contribution is -2.24. The third-order valence-corrected chi connectivity index (χ3v) is 3.32. The Morgan fingerprint density at radius 1 is 1.12 bits per heavy atom. The van der Waals surface area contributed by atoms with Gasteiger partial charge in [0.25, 0.3) is 5.69 Å². The van der Waals surface area contributed by atoms with Crippen molar-refractivity contribution in [2.75, 3.05) is 5.73 Å². The van der Waals surface area contributed by atoms with E-state index < -0.39 is 40.1 Å². The number of ketones is 1. The van der Waals surface area contributed by atoms with Crippen molar-refractivity contribution in [1.29, 1.82) is 0 Å². The molecule has 2 aromatic rings. The number of nitro benzene ring substituents is 1. The number of benzene rings is 2. The highest BCUT2D eigenvalue weighted by molar-refractivity contribution is 6.01. The first kappa shape index (κ1) is 18.0. The van der Waals surface area contributed by atoms with E-state index in [1.807, 2.05) is 0 Å². The summed E-state index contributed by atoms with van der Waals surface area (Å²) >= 11 is 0. The maximum atomic E-state index is 13.2. The van der Waals surface area contributed by atoms with Gasteiger partial charge in [-0.2, -0.15) is 0 Å². The van der Waals surface area contributed by atoms with Gasteiger partial charge < -0.3 is 10.5 Å². The van der Waals surface area contributed by atoms with E-state index in [0.717, 1.165) is 24.3 Å². The third-order valence-electron chi connectivity index (χ3n) is 3.32. The van der Waals surface area contributed by atoms with Crippen molar-refractivity contribution in [3.8, 4) is 0 Å². The second-order valence-corrected chi connectivity index (χ2v) is 5.07. The van der Waals surface area contributed by atoms with E-state index in [2.05, 4.69) is 0 Å². The Kier molecular flexibility index (Phi) is 5.06. The molecule has 0 fully saturated rings. The number of Topliss-reactive ketones (excluding diaryl/α,β-unsaturated/α-hetero) is 1. The summed E-state index contributed by atoms with van der Waals surface area (Å²) in [5, 5.41) is 10.8. The Bertz CT molecular complexity index is 870. The zero-order chi connectivity index (χ0) is 18.7. The summed E-state index contributed by atoms with van der Waals surface area (Å²) in [5.41, 5.74) is 4.47. The van der Waals surface area contributed by atoms with Crippen LogP contribution in [0.2, 0.25) is 0 Å². The predicted octanol–water partition coefficient (Wildman–Crippen LogP) is 2.88. The molecule has 2 aromatic carbocycles. The molecule has 25 heavy (non-hydrogen) atoms. The van der Waals surface area contributed by atoms with Crippen LogP contribution in [0.5, 0.6) is 0 Å². The molecule has 1 unspecified atom stereocenters. The number of carbonyl (C=O) groups excluding carboxylic acids is 2. The lowest BCUT2D eigenvalue weighted by Gasteiger charge is -2.12. The minimum Gasteiger partial charge on any atom is -0.451 e. The number of esters is 1. The van der Waals surface area contributed by atoms with Gasteiger partial charge in [-0.15, -0.1) is 0 Å². The van der Waals surface area contributed by atoms with Crippen LogP contribution in [-0.4, -0.2) is 22.8 Å². The van der Waals surface area contributed by atoms with Crippen LogP contribution in [0, 0.1) is 21.7 Å². The van der Waals surface area contributed by atoms with E-state index >= 15 is 0 Å². The lowest BCUT2D eigenvalue weighted by molar-refractivity contribution is -0.383. The molecule has 0 saturated heterocycles. The Morgan fingerprint density at radius 2 is 1.76 bits per heavy atom. The van der Waals surface area contributed by atoms with Crippen LogP contribution in [0.1, 0.15) is 27.6 Å². The number of rotatable bonds is 5. The summed E-state index contributed by atoms with van der Waals surface area (Å²) in [5.74, 6) is -4.07. The normalized spacial score (nSPS) is 11.6. The van der Waals surface area contributed by atoms with Gasteiger partial charge in [0.05, 0.1) is 10.5 Å². The number of anilines is 1. The van der Waals surface area contributed by atoms with Gasteiger partial charge in [0.2, 0.25) is 5.78 Å². The molecule has 2 N–H and O–H groups in total. The number of nitro groups is 1. The number of halogens is 2. The number of ether oxygens (including phenoxy) is 1. The van der Waals surface area contributed by atoms with E-state index in [1.165, 1.54) is 13.0 Å². The fraction of sp³-hybridized carbons (Fsp3) is 0.125. The quantitative estimate of drug-likeness (QED) is 0.292. The molecule has 7 nitrogen and oxygen atoms in total. The first-order valence-corrected chi connectivity index (χ1v) is 6.95. The molecule has 0 heterocycles. The summed E-state index contributed by atoms with van der Waals surface area (Å²) in [6, 6.07) is 5.82. The standard InChI is InChI=1S/C16H12F2N2O5/c1-8(15(21)9-2-4-11(17)12(18)6-9)25-16(22)10-3-5-13(19)14(7-10)20(23)24/h2-8H,19H2,1H3. The van der Waals surface area contributed by atoms with Crippen LogP contribution in [0.25, 0.3) is 0 Å². The number of hydrogen-bond acceptors (Lipinski definition) is 6. The molecule has 0 aliphatic carbocycles. The second kappa shape index (κ2) is 7.04. The van der Waals surface area contributed by atoms with Crippen LogP contribution in [-0.2, 0) is 4.74 Å². The highest BCUT2D eigenvalue weighted by Gasteiger charge is 2.23. The number of carbonyl (C=O) groups is 2. The minimum absolute atomic E-state index is 0.132. The smallest absolute Gasteiger partial charge is 0.339 e. The van der Waals surface area contributed by atoms with Gasteiger partial charge in [-0.25, -0.2) is 13.6 Å². The molecule has 0 saturated carbocycles. The van der Waals surface area contributed by atoms with Crippen molar-refractivity contribution in [3.63, 3.8) is 0 Å². The minimum atomic E-state index is -1.31. The maximum Gasteiger partial charge on any atom is 0.339 e. The molecular weight excluding hydrogens is 338 g/mol. The molecule has 0 aliphatic rings. The molecular formula is C16H12F2N2O5. The number of nitrogens with two attached hydrogens (primary N) is 1. The molecule has 0 aromatic heterocycles. The summed E-state index contributed by atoms with van der Waals surface area (Å²) < 4.78 is 31.0. The Balaban J connectivity index is 2.16. The summed E-state index contributed by atoms with van der Waals surface area (Å²) in [6.07, 6.45) is -1.31. The van der Waals surface area contributed by atoms with E-state index in [-0.39, 0.29) is 16.8 Å². The average molecular weight is 350 g/mol. The van der Waals surface area contributed by atoms with Crippen molar-refractivity contribution in [2.45, 2.75) is 13.0 Å². The third kappa shape index (κ3) is 3.94. The number of hydrogen-bond donors (Lipinski definition) is 1. The van der Waals surface area contributed by atoms with Gasteiger partial charge in [-0.05, 0) is 37.3 Å². The monoisotopic (exact) mass is 350 g/mol. The molecule has 2 rings (SSSR count). The Hall–Kier alpha value is -3.36. The zero-order valence-electron chi connectivity index (χ0n) is 12.9. The van der Waals surface area contributed by atoms with Gasteiger partial charge in [0, 0.05) is 11.6 Å². The van der Waals surface area contributed by atoms with Crippen molar-refractivity contribution in [1.82, 2.24) is 0 Å². The van der Waals surface area contributed by atoms with Crippen molar-refractivity contribution in [3.05, 3.63) is 69.3 Å². The summed E-state index contributed by atoms with van der Waals surface area (Å²) in [6.45, 7) is 1.24. The van der Waals surface area contributed by atoms with Crippen molar-refractivity contribution >= 4 is 23.1 Å². The van der Waals surface area contributed by atoms with Gasteiger partial charge in [-0.3, -0.25) is 14.9 Å². The molecule has 0 aliphatic heterocycles. The van der Waals surface area contributed by atoms with Crippen molar-refractivity contribution < 1.29 is 28.0 Å². The van der Waals surface area contributed by atoms with Gasteiger partial charge in [-0.1, -0.05) is 0 Å². The summed E-state index contributed by atoms with van der Waals surface area (Å²) in [4.78, 5) is 34.2. The fourth-order valence-electron chi connectivity index (χ4n) is 1.99. The van der Waals surface area contributed by atoms with E-state index in [4.69, 9.17) is 10.5 Å². The highest BCUT2D eigenvalue weighted by Crippen LogP contribution is 2.23. The predicted molar refractivity (Wildman–Crippen MR) is 83.1 cm³/mol. The van der Waals surface area contributed by atoms with Crippen LogP contribution in [0.15, 0.2) is 36.4 Å². The van der Waals surface area contributed by atoms with Gasteiger partial charge in [0.15, 0.2) is 17.7 Å². The van der Waals surface area contributed by atoms with Gasteiger partial charge in [0.1, 0.15) is 5.69 Å². The molecule has 0 spiro atoms. The van der Waals surface area contributed by atoms with Crippen LogP contribution < -0.4 is 5.73 Å². The SMILES string of the molecule is CC(OC(=O)c1ccc(N)c([N+](=O)[O-])c1)C(=O)c1ccc(F)c(F)c1. The first-order valence-electron chi connectivity index (χ1n) is 6.95. The maximum absolute atomic E-state index is 13.2.